The van der Waals surface area contributed by atoms with E-state index < -0.39 is 12.0 Å². The molecule has 1 fully saturated rings. The van der Waals surface area contributed by atoms with Gasteiger partial charge in [0.2, 0.25) is 0 Å². The molecule has 0 aliphatic heterocycles. The van der Waals surface area contributed by atoms with Gasteiger partial charge in [-0.2, -0.15) is 0 Å². The molecule has 0 spiro atoms. The molecule has 12 heavy (non-hydrogen) atoms. The fourth-order valence-electron chi connectivity index (χ4n) is 2.01. The van der Waals surface area contributed by atoms with Gasteiger partial charge >= 0.3 is 5.97 Å². The first-order chi connectivity index (χ1) is 5.61. The van der Waals surface area contributed by atoms with Gasteiger partial charge in [-0.3, -0.25) is 4.79 Å². The summed E-state index contributed by atoms with van der Waals surface area (Å²) >= 11 is 0. The van der Waals surface area contributed by atoms with E-state index in [1.165, 1.54) is 6.42 Å². The predicted molar refractivity (Wildman–Crippen MR) is 46.7 cm³/mol. The molecule has 1 rings (SSSR count). The SMILES string of the molecule is C[C@@H]1CCC[C@@H]([C@H](N)C(=O)O)C1. The van der Waals surface area contributed by atoms with E-state index in [0.717, 1.165) is 19.3 Å². The zero-order chi connectivity index (χ0) is 9.14. The Morgan fingerprint density at radius 1 is 1.58 bits per heavy atom. The summed E-state index contributed by atoms with van der Waals surface area (Å²) in [6, 6.07) is -0.646. The van der Waals surface area contributed by atoms with Gasteiger partial charge in [-0.15, -0.1) is 0 Å². The number of aliphatic carboxylic acids is 1. The lowest BCUT2D eigenvalue weighted by atomic mass is 9.79. The second-order valence-corrected chi connectivity index (χ2v) is 3.90. The summed E-state index contributed by atoms with van der Waals surface area (Å²) in [5.74, 6) is -0.00509. The monoisotopic (exact) mass is 171 g/mol. The fourth-order valence-corrected chi connectivity index (χ4v) is 2.01. The molecule has 3 nitrogen and oxygen atoms in total. The number of carbonyl (C=O) groups is 1. The minimum atomic E-state index is -0.853. The molecule has 3 atom stereocenters. The van der Waals surface area contributed by atoms with E-state index >= 15 is 0 Å². The lowest BCUT2D eigenvalue weighted by Crippen LogP contribution is -2.40. The van der Waals surface area contributed by atoms with Crippen molar-refractivity contribution in [3.63, 3.8) is 0 Å². The van der Waals surface area contributed by atoms with Crippen molar-refractivity contribution >= 4 is 5.97 Å². The Morgan fingerprint density at radius 2 is 2.25 bits per heavy atom. The van der Waals surface area contributed by atoms with Crippen LogP contribution in [0.1, 0.15) is 32.6 Å². The first-order valence-electron chi connectivity index (χ1n) is 4.59. The summed E-state index contributed by atoms with van der Waals surface area (Å²) < 4.78 is 0. The van der Waals surface area contributed by atoms with Crippen LogP contribution >= 0.6 is 0 Å². The van der Waals surface area contributed by atoms with E-state index in [1.54, 1.807) is 0 Å². The van der Waals surface area contributed by atoms with E-state index in [4.69, 9.17) is 10.8 Å². The van der Waals surface area contributed by atoms with E-state index in [9.17, 15) is 4.79 Å². The quantitative estimate of drug-likeness (QED) is 0.656. The average Bonchev–Trinajstić information content (AvgIpc) is 2.03. The van der Waals surface area contributed by atoms with E-state index in [2.05, 4.69) is 6.92 Å². The third-order valence-corrected chi connectivity index (χ3v) is 2.77. The summed E-state index contributed by atoms with van der Waals surface area (Å²) in [4.78, 5) is 10.6. The van der Waals surface area contributed by atoms with Crippen LogP contribution in [-0.4, -0.2) is 17.1 Å². The van der Waals surface area contributed by atoms with E-state index in [0.29, 0.717) is 5.92 Å². The van der Waals surface area contributed by atoms with Crippen molar-refractivity contribution in [3.8, 4) is 0 Å². The standard InChI is InChI=1S/C9H17NO2/c1-6-3-2-4-7(5-6)8(10)9(11)12/h6-8H,2-5,10H2,1H3,(H,11,12)/t6-,7-,8+/m1/s1. The molecule has 3 heteroatoms. The Morgan fingerprint density at radius 3 is 2.75 bits per heavy atom. The summed E-state index contributed by atoms with van der Waals surface area (Å²) in [6.07, 6.45) is 4.32. The molecule has 0 amide bonds. The highest BCUT2D eigenvalue weighted by molar-refractivity contribution is 5.73. The first kappa shape index (κ1) is 9.52. The Bertz CT molecular complexity index is 170. The normalized spacial score (nSPS) is 32.8. The van der Waals surface area contributed by atoms with Gasteiger partial charge in [0.05, 0.1) is 0 Å². The molecular weight excluding hydrogens is 154 g/mol. The van der Waals surface area contributed by atoms with Gasteiger partial charge < -0.3 is 10.8 Å². The van der Waals surface area contributed by atoms with Gasteiger partial charge in [0.25, 0.3) is 0 Å². The molecule has 0 unspecified atom stereocenters. The smallest absolute Gasteiger partial charge is 0.320 e. The fraction of sp³-hybridized carbons (Fsp3) is 0.889. The van der Waals surface area contributed by atoms with Gasteiger partial charge in [0.1, 0.15) is 6.04 Å². The van der Waals surface area contributed by atoms with Crippen LogP contribution in [0.15, 0.2) is 0 Å². The molecule has 0 radical (unpaired) electrons. The van der Waals surface area contributed by atoms with Gasteiger partial charge in [0.15, 0.2) is 0 Å². The minimum absolute atomic E-state index is 0.200. The van der Waals surface area contributed by atoms with Crippen molar-refractivity contribution in [2.45, 2.75) is 38.6 Å². The van der Waals surface area contributed by atoms with Crippen LogP contribution in [0.5, 0.6) is 0 Å². The molecule has 3 N–H and O–H groups in total. The maximum Gasteiger partial charge on any atom is 0.320 e. The van der Waals surface area contributed by atoms with E-state index in [-0.39, 0.29) is 5.92 Å². The van der Waals surface area contributed by atoms with E-state index in [1.807, 2.05) is 0 Å². The molecule has 1 aliphatic rings. The highest BCUT2D eigenvalue weighted by Gasteiger charge is 2.28. The van der Waals surface area contributed by atoms with Crippen LogP contribution in [0.25, 0.3) is 0 Å². The lowest BCUT2D eigenvalue weighted by molar-refractivity contribution is -0.140. The molecular formula is C9H17NO2. The summed E-state index contributed by atoms with van der Waals surface area (Å²) in [5.41, 5.74) is 5.55. The largest absolute Gasteiger partial charge is 0.480 e. The number of hydrogen-bond donors (Lipinski definition) is 2. The molecule has 0 aromatic heterocycles. The molecule has 1 aliphatic carbocycles. The molecule has 0 heterocycles. The molecule has 0 bridgehead atoms. The third-order valence-electron chi connectivity index (χ3n) is 2.77. The van der Waals surface area contributed by atoms with Crippen molar-refractivity contribution in [1.82, 2.24) is 0 Å². The van der Waals surface area contributed by atoms with Crippen LogP contribution in [0, 0.1) is 11.8 Å². The Hall–Kier alpha value is -0.570. The van der Waals surface area contributed by atoms with Gasteiger partial charge in [-0.25, -0.2) is 0 Å². The van der Waals surface area contributed by atoms with Crippen molar-refractivity contribution in [2.24, 2.45) is 17.6 Å². The van der Waals surface area contributed by atoms with Crippen LogP contribution in [0.2, 0.25) is 0 Å². The Kier molecular flexibility index (Phi) is 3.09. The lowest BCUT2D eigenvalue weighted by Gasteiger charge is -2.28. The average molecular weight is 171 g/mol. The van der Waals surface area contributed by atoms with Crippen molar-refractivity contribution < 1.29 is 9.90 Å². The van der Waals surface area contributed by atoms with Gasteiger partial charge in [0, 0.05) is 0 Å². The van der Waals surface area contributed by atoms with Crippen LogP contribution in [0.3, 0.4) is 0 Å². The first-order valence-corrected chi connectivity index (χ1v) is 4.59. The van der Waals surface area contributed by atoms with Crippen LogP contribution < -0.4 is 5.73 Å². The van der Waals surface area contributed by atoms with Crippen molar-refractivity contribution in [2.75, 3.05) is 0 Å². The molecule has 0 aromatic rings. The predicted octanol–water partition coefficient (Wildman–Crippen LogP) is 1.22. The number of rotatable bonds is 2. The Labute approximate surface area is 72.9 Å². The Balaban J connectivity index is 2.45. The summed E-state index contributed by atoms with van der Waals surface area (Å²) in [5, 5.41) is 8.70. The van der Waals surface area contributed by atoms with Gasteiger partial charge in [-0.1, -0.05) is 19.8 Å². The van der Waals surface area contributed by atoms with Crippen LogP contribution in [-0.2, 0) is 4.79 Å². The molecule has 1 saturated carbocycles. The second kappa shape index (κ2) is 3.90. The third kappa shape index (κ3) is 2.21. The maximum atomic E-state index is 10.6. The van der Waals surface area contributed by atoms with Gasteiger partial charge in [-0.05, 0) is 24.7 Å². The van der Waals surface area contributed by atoms with Crippen molar-refractivity contribution in [1.29, 1.82) is 0 Å². The number of carboxylic acid groups (broad SMARTS) is 1. The number of nitrogens with two attached hydrogens (primary N) is 1. The summed E-state index contributed by atoms with van der Waals surface area (Å²) in [7, 11) is 0. The number of carboxylic acids is 1. The highest BCUT2D eigenvalue weighted by Crippen LogP contribution is 2.30. The molecule has 70 valence electrons. The molecule has 0 aromatic carbocycles. The second-order valence-electron chi connectivity index (χ2n) is 3.90. The zero-order valence-corrected chi connectivity index (χ0v) is 7.49. The maximum absolute atomic E-state index is 10.6. The minimum Gasteiger partial charge on any atom is -0.480 e. The van der Waals surface area contributed by atoms with Crippen molar-refractivity contribution in [3.05, 3.63) is 0 Å². The molecule has 0 saturated heterocycles. The van der Waals surface area contributed by atoms with Crippen LogP contribution in [0.4, 0.5) is 0 Å². The number of hydrogen-bond acceptors (Lipinski definition) is 2. The zero-order valence-electron chi connectivity index (χ0n) is 7.49. The highest BCUT2D eigenvalue weighted by atomic mass is 16.4. The summed E-state index contributed by atoms with van der Waals surface area (Å²) in [6.45, 7) is 2.17. The topological polar surface area (TPSA) is 63.3 Å².